The summed E-state index contributed by atoms with van der Waals surface area (Å²) in [5.74, 6) is -0.987. The molecule has 7 heteroatoms. The number of methoxy groups -OCH3 is 1. The number of carbonyl (C=O) groups excluding carboxylic acids is 1. The molecular weight excluding hydrogens is 333 g/mol. The number of halogens is 1. The van der Waals surface area contributed by atoms with Gasteiger partial charge in [-0.25, -0.2) is 17.6 Å². The van der Waals surface area contributed by atoms with Gasteiger partial charge in [0.05, 0.1) is 17.6 Å². The first-order valence-corrected chi connectivity index (χ1v) is 8.59. The fraction of sp³-hybridized carbons (Fsp3) is 0.235. The molecule has 0 spiro atoms. The molecule has 0 saturated carbocycles. The third-order valence-corrected chi connectivity index (χ3v) is 5.56. The maximum Gasteiger partial charge on any atom is 0.337 e. The van der Waals surface area contributed by atoms with Crippen LogP contribution in [0.25, 0.3) is 0 Å². The maximum absolute atomic E-state index is 13.0. The van der Waals surface area contributed by atoms with E-state index in [1.165, 1.54) is 50.6 Å². The van der Waals surface area contributed by atoms with Crippen molar-refractivity contribution in [2.45, 2.75) is 18.4 Å². The Hall–Kier alpha value is -2.25. The topological polar surface area (TPSA) is 63.7 Å². The first-order valence-electron chi connectivity index (χ1n) is 7.15. The van der Waals surface area contributed by atoms with Gasteiger partial charge in [0.2, 0.25) is 10.0 Å². The molecule has 0 fully saturated rings. The Bertz CT molecular complexity index is 847. The van der Waals surface area contributed by atoms with E-state index in [2.05, 4.69) is 4.74 Å². The van der Waals surface area contributed by atoms with Crippen LogP contribution >= 0.6 is 0 Å². The van der Waals surface area contributed by atoms with E-state index in [0.29, 0.717) is 11.1 Å². The highest BCUT2D eigenvalue weighted by Gasteiger charge is 2.24. The molecule has 0 heterocycles. The van der Waals surface area contributed by atoms with Gasteiger partial charge in [0.15, 0.2) is 0 Å². The Morgan fingerprint density at radius 3 is 2.38 bits per heavy atom. The molecule has 2 aromatic rings. The minimum atomic E-state index is -3.81. The first kappa shape index (κ1) is 18.1. The van der Waals surface area contributed by atoms with Crippen LogP contribution < -0.4 is 0 Å². The van der Waals surface area contributed by atoms with Gasteiger partial charge >= 0.3 is 5.97 Å². The summed E-state index contributed by atoms with van der Waals surface area (Å²) in [5, 5.41) is 0. The van der Waals surface area contributed by atoms with Crippen LogP contribution in [0.2, 0.25) is 0 Å². The first-order chi connectivity index (χ1) is 11.3. The fourth-order valence-corrected chi connectivity index (χ4v) is 3.63. The Kier molecular flexibility index (Phi) is 5.36. The third kappa shape index (κ3) is 3.80. The van der Waals surface area contributed by atoms with Crippen molar-refractivity contribution in [1.29, 1.82) is 0 Å². The molecule has 0 bridgehead atoms. The van der Waals surface area contributed by atoms with E-state index >= 15 is 0 Å². The second-order valence-corrected chi connectivity index (χ2v) is 7.37. The molecule has 2 aromatic carbocycles. The molecule has 0 aliphatic carbocycles. The van der Waals surface area contributed by atoms with Crippen molar-refractivity contribution < 1.29 is 22.3 Å². The van der Waals surface area contributed by atoms with Crippen LogP contribution in [-0.4, -0.2) is 32.8 Å². The van der Waals surface area contributed by atoms with E-state index in [4.69, 9.17) is 0 Å². The lowest BCUT2D eigenvalue weighted by molar-refractivity contribution is 0.0600. The van der Waals surface area contributed by atoms with Gasteiger partial charge < -0.3 is 4.74 Å². The zero-order valence-corrected chi connectivity index (χ0v) is 14.4. The van der Waals surface area contributed by atoms with Gasteiger partial charge in [-0.3, -0.25) is 0 Å². The van der Waals surface area contributed by atoms with Crippen LogP contribution in [0.3, 0.4) is 0 Å². The highest BCUT2D eigenvalue weighted by molar-refractivity contribution is 7.89. The van der Waals surface area contributed by atoms with Crippen molar-refractivity contribution in [3.8, 4) is 0 Å². The van der Waals surface area contributed by atoms with Crippen LogP contribution in [0.15, 0.2) is 47.4 Å². The Morgan fingerprint density at radius 2 is 1.79 bits per heavy atom. The number of hydrogen-bond donors (Lipinski definition) is 0. The molecule has 0 aliphatic heterocycles. The largest absolute Gasteiger partial charge is 0.465 e. The molecule has 0 radical (unpaired) electrons. The summed E-state index contributed by atoms with van der Waals surface area (Å²) >= 11 is 0. The fourth-order valence-electron chi connectivity index (χ4n) is 2.22. The molecule has 5 nitrogen and oxygen atoms in total. The summed E-state index contributed by atoms with van der Waals surface area (Å²) in [6.07, 6.45) is 0. The number of hydrogen-bond acceptors (Lipinski definition) is 4. The number of aryl methyl sites for hydroxylation is 1. The van der Waals surface area contributed by atoms with E-state index < -0.39 is 16.0 Å². The Labute approximate surface area is 140 Å². The van der Waals surface area contributed by atoms with Crippen LogP contribution in [0.5, 0.6) is 0 Å². The number of ether oxygens (including phenoxy) is 1. The lowest BCUT2D eigenvalue weighted by Crippen LogP contribution is -2.27. The molecule has 0 unspecified atom stereocenters. The summed E-state index contributed by atoms with van der Waals surface area (Å²) < 4.78 is 44.3. The highest BCUT2D eigenvalue weighted by Crippen LogP contribution is 2.22. The van der Waals surface area contributed by atoms with Gasteiger partial charge in [0, 0.05) is 13.6 Å². The number of rotatable bonds is 5. The predicted molar refractivity (Wildman–Crippen MR) is 87.6 cm³/mol. The molecular formula is C17H18FNO4S. The second kappa shape index (κ2) is 7.11. The molecule has 0 aromatic heterocycles. The van der Waals surface area contributed by atoms with Crippen molar-refractivity contribution in [2.24, 2.45) is 0 Å². The summed E-state index contributed by atoms with van der Waals surface area (Å²) in [6.45, 7) is 1.74. The van der Waals surface area contributed by atoms with Crippen molar-refractivity contribution >= 4 is 16.0 Å². The summed E-state index contributed by atoms with van der Waals surface area (Å²) in [4.78, 5) is 11.7. The molecule has 0 N–H and O–H groups in total. The number of sulfonamides is 1. The standard InChI is InChI=1S/C17H18FNO4S/c1-12-4-7-14(17(20)23-3)10-16(12)24(21,22)19(2)11-13-5-8-15(18)9-6-13/h4-10H,11H2,1-3H3. The van der Waals surface area contributed by atoms with Crippen molar-refractivity contribution in [3.05, 3.63) is 65.0 Å². The SMILES string of the molecule is COC(=O)c1ccc(C)c(S(=O)(=O)N(C)Cc2ccc(F)cc2)c1. The van der Waals surface area contributed by atoms with Gasteiger partial charge in [0.25, 0.3) is 0 Å². The third-order valence-electron chi connectivity index (χ3n) is 3.62. The molecule has 0 amide bonds. The molecule has 0 atom stereocenters. The van der Waals surface area contributed by atoms with Gasteiger partial charge in [-0.15, -0.1) is 0 Å². The quantitative estimate of drug-likeness (QED) is 0.777. The van der Waals surface area contributed by atoms with Crippen LogP contribution in [0.4, 0.5) is 4.39 Å². The Morgan fingerprint density at radius 1 is 1.17 bits per heavy atom. The highest BCUT2D eigenvalue weighted by atomic mass is 32.2. The molecule has 128 valence electrons. The van der Waals surface area contributed by atoms with Crippen molar-refractivity contribution in [1.82, 2.24) is 4.31 Å². The predicted octanol–water partition coefficient (Wildman–Crippen LogP) is 2.74. The Balaban J connectivity index is 2.35. The molecule has 0 saturated heterocycles. The number of benzene rings is 2. The minimum Gasteiger partial charge on any atom is -0.465 e. The molecule has 0 aliphatic rings. The number of nitrogens with zero attached hydrogens (tertiary/aromatic N) is 1. The second-order valence-electron chi connectivity index (χ2n) is 5.36. The van der Waals surface area contributed by atoms with Gasteiger partial charge in [-0.1, -0.05) is 18.2 Å². The summed E-state index contributed by atoms with van der Waals surface area (Å²) in [5.41, 5.74) is 1.34. The van der Waals surface area contributed by atoms with Gasteiger partial charge in [-0.05, 0) is 42.3 Å². The van der Waals surface area contributed by atoms with Crippen LogP contribution in [0, 0.1) is 12.7 Å². The monoisotopic (exact) mass is 351 g/mol. The smallest absolute Gasteiger partial charge is 0.337 e. The molecule has 2 rings (SSSR count). The van der Waals surface area contributed by atoms with Gasteiger partial charge in [0.1, 0.15) is 5.82 Å². The summed E-state index contributed by atoms with van der Waals surface area (Å²) in [7, 11) is -1.14. The van der Waals surface area contributed by atoms with Crippen LogP contribution in [0.1, 0.15) is 21.5 Å². The number of carbonyl (C=O) groups is 1. The van der Waals surface area contributed by atoms with E-state index in [0.717, 1.165) is 4.31 Å². The van der Waals surface area contributed by atoms with E-state index in [1.807, 2.05) is 0 Å². The zero-order chi connectivity index (χ0) is 17.9. The van der Waals surface area contributed by atoms with E-state index in [1.54, 1.807) is 13.0 Å². The van der Waals surface area contributed by atoms with Crippen molar-refractivity contribution in [3.63, 3.8) is 0 Å². The lowest BCUT2D eigenvalue weighted by Gasteiger charge is -2.19. The van der Waals surface area contributed by atoms with E-state index in [-0.39, 0.29) is 22.8 Å². The molecule has 24 heavy (non-hydrogen) atoms. The average Bonchev–Trinajstić information content (AvgIpc) is 2.56. The number of esters is 1. The zero-order valence-electron chi connectivity index (χ0n) is 13.6. The van der Waals surface area contributed by atoms with E-state index in [9.17, 15) is 17.6 Å². The minimum absolute atomic E-state index is 0.0370. The van der Waals surface area contributed by atoms with Gasteiger partial charge in [-0.2, -0.15) is 4.31 Å². The average molecular weight is 351 g/mol. The van der Waals surface area contributed by atoms with Crippen LogP contribution in [-0.2, 0) is 21.3 Å². The lowest BCUT2D eigenvalue weighted by atomic mass is 10.1. The summed E-state index contributed by atoms with van der Waals surface area (Å²) in [6, 6.07) is 9.98. The maximum atomic E-state index is 13.0. The van der Waals surface area contributed by atoms with Crippen molar-refractivity contribution in [2.75, 3.05) is 14.2 Å². The normalized spacial score (nSPS) is 11.5.